The van der Waals surface area contributed by atoms with E-state index in [0.29, 0.717) is 35.5 Å². The van der Waals surface area contributed by atoms with Crippen LogP contribution in [-0.4, -0.2) is 24.9 Å². The van der Waals surface area contributed by atoms with Gasteiger partial charge in [0.15, 0.2) is 11.5 Å². The minimum absolute atomic E-state index is 0.0762. The normalized spacial score (nSPS) is 16.5. The lowest BCUT2D eigenvalue weighted by molar-refractivity contribution is -0.115. The summed E-state index contributed by atoms with van der Waals surface area (Å²) in [6, 6.07) is 11.3. The Morgan fingerprint density at radius 2 is 2.07 bits per heavy atom. The van der Waals surface area contributed by atoms with Crippen molar-refractivity contribution >= 4 is 57.5 Å². The van der Waals surface area contributed by atoms with Crippen molar-refractivity contribution in [2.45, 2.75) is 12.3 Å². The maximum absolute atomic E-state index is 12.6. The van der Waals surface area contributed by atoms with E-state index in [4.69, 9.17) is 21.1 Å². The molecule has 1 atom stereocenters. The summed E-state index contributed by atoms with van der Waals surface area (Å²) >= 11 is 9.83. The average Bonchev–Trinajstić information content (AvgIpc) is 3.03. The summed E-state index contributed by atoms with van der Waals surface area (Å²) < 4.78 is 12.5. The van der Waals surface area contributed by atoms with Crippen LogP contribution < -0.4 is 14.4 Å². The number of thioether (sulfide) groups is 1. The number of rotatable bonds is 7. The van der Waals surface area contributed by atoms with E-state index in [9.17, 15) is 4.79 Å². The molecule has 2 aromatic carbocycles. The molecule has 27 heavy (non-hydrogen) atoms. The summed E-state index contributed by atoms with van der Waals surface area (Å²) in [5, 5.41) is 0.520. The molecule has 0 saturated carbocycles. The summed E-state index contributed by atoms with van der Waals surface area (Å²) in [7, 11) is 0. The van der Waals surface area contributed by atoms with Crippen LogP contribution in [0.25, 0.3) is 0 Å². The molecule has 0 N–H and O–H groups in total. The van der Waals surface area contributed by atoms with Crippen LogP contribution in [0.15, 0.2) is 49.1 Å². The van der Waals surface area contributed by atoms with Crippen LogP contribution >= 0.6 is 46.0 Å². The Morgan fingerprint density at radius 3 is 2.74 bits per heavy atom. The number of amides is 1. The van der Waals surface area contributed by atoms with Crippen molar-refractivity contribution in [2.24, 2.45) is 0 Å². The molecule has 142 valence electrons. The third-order valence-electron chi connectivity index (χ3n) is 3.94. The molecule has 7 heteroatoms. The molecule has 0 aliphatic carbocycles. The third kappa shape index (κ3) is 4.55. The van der Waals surface area contributed by atoms with Crippen LogP contribution in [0.5, 0.6) is 11.5 Å². The molecule has 1 fully saturated rings. The molecule has 0 spiro atoms. The van der Waals surface area contributed by atoms with Gasteiger partial charge in [-0.05, 0) is 71.5 Å². The first-order valence-corrected chi connectivity index (χ1v) is 10.9. The Labute approximate surface area is 182 Å². The first-order chi connectivity index (χ1) is 13.0. The number of halogens is 2. The van der Waals surface area contributed by atoms with Gasteiger partial charge in [0.05, 0.1) is 15.9 Å². The van der Waals surface area contributed by atoms with Crippen molar-refractivity contribution in [1.29, 1.82) is 0 Å². The highest BCUT2D eigenvalue weighted by Crippen LogP contribution is 2.45. The van der Waals surface area contributed by atoms with Gasteiger partial charge >= 0.3 is 0 Å². The van der Waals surface area contributed by atoms with Gasteiger partial charge in [0.25, 0.3) is 0 Å². The van der Waals surface area contributed by atoms with E-state index in [0.717, 1.165) is 14.8 Å². The molecule has 1 saturated heterocycles. The SMILES string of the molecule is C=CCOc1c(I)cc([C@H]2SCC(=O)N2c2ccc(Cl)cc2)cc1OCC. The van der Waals surface area contributed by atoms with Gasteiger partial charge in [-0.1, -0.05) is 24.3 Å². The number of anilines is 1. The number of carbonyl (C=O) groups excluding carboxylic acids is 1. The Hall–Kier alpha value is -1.38. The molecular weight excluding hydrogens is 497 g/mol. The second-order valence-corrected chi connectivity index (χ2v) is 8.43. The minimum atomic E-state index is -0.125. The van der Waals surface area contributed by atoms with Gasteiger partial charge in [0, 0.05) is 10.7 Å². The second kappa shape index (κ2) is 9.21. The van der Waals surface area contributed by atoms with Gasteiger partial charge in [-0.3, -0.25) is 9.69 Å². The van der Waals surface area contributed by atoms with Crippen molar-refractivity contribution in [1.82, 2.24) is 0 Å². The van der Waals surface area contributed by atoms with E-state index in [-0.39, 0.29) is 11.3 Å². The van der Waals surface area contributed by atoms with Crippen molar-refractivity contribution in [3.63, 3.8) is 0 Å². The molecule has 0 aromatic heterocycles. The smallest absolute Gasteiger partial charge is 0.238 e. The number of hydrogen-bond donors (Lipinski definition) is 0. The average molecular weight is 516 g/mol. The Bertz CT molecular complexity index is 844. The fourth-order valence-corrected chi connectivity index (χ4v) is 4.89. The van der Waals surface area contributed by atoms with Crippen molar-refractivity contribution in [2.75, 3.05) is 23.9 Å². The largest absolute Gasteiger partial charge is 0.490 e. The molecule has 0 unspecified atom stereocenters. The van der Waals surface area contributed by atoms with Crippen LogP contribution in [0, 0.1) is 3.57 Å². The first kappa shape index (κ1) is 20.4. The van der Waals surface area contributed by atoms with Crippen molar-refractivity contribution in [3.8, 4) is 11.5 Å². The molecule has 1 heterocycles. The van der Waals surface area contributed by atoms with Crippen LogP contribution in [0.1, 0.15) is 17.9 Å². The Balaban J connectivity index is 1.99. The molecule has 0 radical (unpaired) electrons. The van der Waals surface area contributed by atoms with Crippen molar-refractivity contribution < 1.29 is 14.3 Å². The quantitative estimate of drug-likeness (QED) is 0.351. The maximum Gasteiger partial charge on any atom is 0.238 e. The first-order valence-electron chi connectivity index (χ1n) is 8.44. The molecule has 1 amide bonds. The van der Waals surface area contributed by atoms with Gasteiger partial charge in [0.1, 0.15) is 12.0 Å². The summed E-state index contributed by atoms with van der Waals surface area (Å²) in [6.45, 7) is 6.56. The fraction of sp³-hybridized carbons (Fsp3) is 0.250. The number of nitrogens with zero attached hydrogens (tertiary/aromatic N) is 1. The summed E-state index contributed by atoms with van der Waals surface area (Å²) in [6.07, 6.45) is 1.70. The molecule has 2 aromatic rings. The van der Waals surface area contributed by atoms with Gasteiger partial charge in [-0.25, -0.2) is 0 Å². The lowest BCUT2D eigenvalue weighted by atomic mass is 10.1. The van der Waals surface area contributed by atoms with E-state index >= 15 is 0 Å². The molecule has 1 aliphatic heterocycles. The summed E-state index contributed by atoms with van der Waals surface area (Å²) in [5.74, 6) is 1.89. The highest BCUT2D eigenvalue weighted by atomic mass is 127. The zero-order valence-corrected chi connectivity index (χ0v) is 18.5. The number of hydrogen-bond acceptors (Lipinski definition) is 4. The molecule has 4 nitrogen and oxygen atoms in total. The Morgan fingerprint density at radius 1 is 1.33 bits per heavy atom. The highest BCUT2D eigenvalue weighted by molar-refractivity contribution is 14.1. The number of benzene rings is 2. The maximum atomic E-state index is 12.6. The summed E-state index contributed by atoms with van der Waals surface area (Å²) in [4.78, 5) is 14.4. The minimum Gasteiger partial charge on any atom is -0.490 e. The fourth-order valence-electron chi connectivity index (χ4n) is 2.83. The van der Waals surface area contributed by atoms with E-state index in [1.54, 1.807) is 30.0 Å². The van der Waals surface area contributed by atoms with Crippen LogP contribution in [0.4, 0.5) is 5.69 Å². The zero-order chi connectivity index (χ0) is 19.4. The molecule has 0 bridgehead atoms. The van der Waals surface area contributed by atoms with E-state index < -0.39 is 0 Å². The van der Waals surface area contributed by atoms with Crippen LogP contribution in [0.2, 0.25) is 5.02 Å². The standard InChI is InChI=1S/C20H19ClINO3S/c1-3-9-26-19-16(22)10-13(11-17(19)25-4-2)20-23(18(24)12-27-20)15-7-5-14(21)6-8-15/h3,5-8,10-11,20H,1,4,9,12H2,2H3/t20-/m1/s1. The number of carbonyl (C=O) groups is 1. The monoisotopic (exact) mass is 515 g/mol. The van der Waals surface area contributed by atoms with Crippen LogP contribution in [0.3, 0.4) is 0 Å². The highest BCUT2D eigenvalue weighted by Gasteiger charge is 2.35. The summed E-state index contributed by atoms with van der Waals surface area (Å²) in [5.41, 5.74) is 1.83. The Kier molecular flexibility index (Phi) is 6.94. The van der Waals surface area contributed by atoms with E-state index in [1.807, 2.05) is 36.1 Å². The third-order valence-corrected chi connectivity index (χ3v) is 6.20. The lowest BCUT2D eigenvalue weighted by Gasteiger charge is -2.25. The van der Waals surface area contributed by atoms with Crippen LogP contribution in [-0.2, 0) is 4.79 Å². The van der Waals surface area contributed by atoms with Gasteiger partial charge < -0.3 is 9.47 Å². The predicted octanol–water partition coefficient (Wildman–Crippen LogP) is 5.69. The topological polar surface area (TPSA) is 38.8 Å². The van der Waals surface area contributed by atoms with Gasteiger partial charge in [-0.2, -0.15) is 0 Å². The lowest BCUT2D eigenvalue weighted by Crippen LogP contribution is -2.27. The number of ether oxygens (including phenoxy) is 2. The zero-order valence-electron chi connectivity index (χ0n) is 14.8. The van der Waals surface area contributed by atoms with E-state index in [2.05, 4.69) is 29.2 Å². The molecular formula is C20H19ClINO3S. The van der Waals surface area contributed by atoms with E-state index in [1.165, 1.54) is 0 Å². The van der Waals surface area contributed by atoms with Crippen molar-refractivity contribution in [3.05, 3.63) is 63.2 Å². The predicted molar refractivity (Wildman–Crippen MR) is 120 cm³/mol. The molecule has 1 aliphatic rings. The van der Waals surface area contributed by atoms with Gasteiger partial charge in [0.2, 0.25) is 5.91 Å². The second-order valence-electron chi connectivity index (χ2n) is 5.77. The van der Waals surface area contributed by atoms with Gasteiger partial charge in [-0.15, -0.1) is 11.8 Å². The molecule has 3 rings (SSSR count).